The minimum absolute atomic E-state index is 0.139. The van der Waals surface area contributed by atoms with Gasteiger partial charge in [0.1, 0.15) is 11.2 Å². The van der Waals surface area contributed by atoms with Crippen molar-refractivity contribution >= 4 is 12.2 Å². The van der Waals surface area contributed by atoms with Gasteiger partial charge in [-0.05, 0) is 65.4 Å². The summed E-state index contributed by atoms with van der Waals surface area (Å²) < 4.78 is 15.7. The number of nitrogens with zero attached hydrogens (tertiary/aromatic N) is 8. The minimum Gasteiger partial charge on any atom is -0.444 e. The Balaban J connectivity index is 0.000000351. The van der Waals surface area contributed by atoms with Crippen molar-refractivity contribution in [3.8, 4) is 0 Å². The van der Waals surface area contributed by atoms with Crippen molar-refractivity contribution in [2.45, 2.75) is 89.9 Å². The molecule has 0 saturated carbocycles. The maximum absolute atomic E-state index is 11.9. The van der Waals surface area contributed by atoms with Crippen molar-refractivity contribution < 1.29 is 28.9 Å². The van der Waals surface area contributed by atoms with Crippen LogP contribution in [0.1, 0.15) is 54.4 Å². The lowest BCUT2D eigenvalue weighted by Gasteiger charge is -2.36. The third-order valence-corrected chi connectivity index (χ3v) is 5.07. The van der Waals surface area contributed by atoms with Gasteiger partial charge in [-0.25, -0.2) is 9.59 Å². The maximum Gasteiger partial charge on any atom is 0.410 e. The van der Waals surface area contributed by atoms with Gasteiger partial charge in [-0.1, -0.05) is 10.2 Å². The minimum atomic E-state index is -0.690. The molecule has 2 fully saturated rings. The number of methoxy groups -OCH3 is 1. The molecule has 14 nitrogen and oxygen atoms in total. The van der Waals surface area contributed by atoms with E-state index in [9.17, 15) is 14.7 Å². The summed E-state index contributed by atoms with van der Waals surface area (Å²) >= 11 is 0. The fourth-order valence-corrected chi connectivity index (χ4v) is 3.45. The highest BCUT2D eigenvalue weighted by atomic mass is 16.6. The van der Waals surface area contributed by atoms with Crippen molar-refractivity contribution in [3.05, 3.63) is 20.9 Å². The second-order valence-electron chi connectivity index (χ2n) is 10.3. The van der Waals surface area contributed by atoms with E-state index in [4.69, 9.17) is 25.3 Å². The topological polar surface area (TPSA) is 186 Å². The van der Waals surface area contributed by atoms with Crippen LogP contribution in [-0.4, -0.2) is 95.9 Å². The molecule has 2 aliphatic heterocycles. The Labute approximate surface area is 205 Å². The fraction of sp³-hybridized carbons (Fsp3) is 0.905. The highest BCUT2D eigenvalue weighted by molar-refractivity contribution is 5.68. The predicted octanol–water partition coefficient (Wildman–Crippen LogP) is 3.99. The van der Waals surface area contributed by atoms with Crippen LogP contribution in [0.15, 0.2) is 10.2 Å². The van der Waals surface area contributed by atoms with Gasteiger partial charge in [0.05, 0.1) is 24.3 Å². The molecule has 198 valence electrons. The summed E-state index contributed by atoms with van der Waals surface area (Å²) in [4.78, 5) is 32.1. The molecule has 2 amide bonds. The Morgan fingerprint density at radius 3 is 1.71 bits per heavy atom. The maximum atomic E-state index is 11.9. The van der Waals surface area contributed by atoms with Crippen LogP contribution in [0.4, 0.5) is 9.59 Å². The van der Waals surface area contributed by atoms with Crippen molar-refractivity contribution in [3.63, 3.8) is 0 Å². The number of hydrogen-bond acceptors (Lipinski definition) is 8. The number of aliphatic hydroxyl groups excluding tert-OH is 1. The van der Waals surface area contributed by atoms with E-state index in [1.54, 1.807) is 32.8 Å². The van der Waals surface area contributed by atoms with E-state index < -0.39 is 29.4 Å². The van der Waals surface area contributed by atoms with Gasteiger partial charge in [-0.3, -0.25) is 0 Å². The molecule has 1 N–H and O–H groups in total. The SMILES string of the molecule is CC(C)(C)OC(=O)N1CC[C@@H](O)[C@H](N=[N+]=[N-])C1.CO[C@@H]1CCN(C(=O)OC(C)(C)C)C[C@H]1N=[N+]=[N-]. The third-order valence-electron chi connectivity index (χ3n) is 5.07. The summed E-state index contributed by atoms with van der Waals surface area (Å²) in [6.07, 6.45) is -0.621. The number of carbonyl (C=O) groups is 2. The Kier molecular flexibility index (Phi) is 11.4. The number of carbonyl (C=O) groups excluding carboxylic acids is 2. The van der Waals surface area contributed by atoms with Crippen LogP contribution < -0.4 is 0 Å². The van der Waals surface area contributed by atoms with E-state index in [-0.39, 0.29) is 24.8 Å². The summed E-state index contributed by atoms with van der Waals surface area (Å²) in [7, 11) is 1.58. The van der Waals surface area contributed by atoms with Gasteiger partial charge in [-0.2, -0.15) is 0 Å². The molecule has 2 rings (SSSR count). The van der Waals surface area contributed by atoms with Crippen LogP contribution in [0.25, 0.3) is 20.9 Å². The quantitative estimate of drug-likeness (QED) is 0.348. The second kappa shape index (κ2) is 13.2. The number of aliphatic hydroxyl groups is 1. The van der Waals surface area contributed by atoms with E-state index in [1.807, 2.05) is 20.8 Å². The Hall–Kier alpha value is -2.92. The number of piperidine rings is 2. The molecule has 0 unspecified atom stereocenters. The molecule has 14 heteroatoms. The molecule has 2 saturated heterocycles. The van der Waals surface area contributed by atoms with Crippen LogP contribution in [-0.2, 0) is 14.2 Å². The van der Waals surface area contributed by atoms with Gasteiger partial charge in [-0.15, -0.1) is 0 Å². The molecular weight excluding hydrogens is 460 g/mol. The van der Waals surface area contributed by atoms with Gasteiger partial charge < -0.3 is 29.1 Å². The first-order chi connectivity index (χ1) is 16.2. The molecule has 0 aromatic rings. The smallest absolute Gasteiger partial charge is 0.410 e. The lowest BCUT2D eigenvalue weighted by molar-refractivity contribution is -0.00570. The van der Waals surface area contributed by atoms with Gasteiger partial charge in [0.15, 0.2) is 0 Å². The number of amides is 2. The standard InChI is InChI=1S/C11H20N4O3.C10H18N4O3/c1-11(2,3)18-10(16)15-6-5-9(17-4)8(7-15)13-14-12;1-10(2,3)17-9(16)14-5-4-8(15)7(6-14)12-13-11/h8-9H,5-7H2,1-4H3;7-8,15H,4-6H2,1-3H3/t8-,9-;7-,8-/m11/s1. The lowest BCUT2D eigenvalue weighted by atomic mass is 10.0. The van der Waals surface area contributed by atoms with E-state index in [0.717, 1.165) is 0 Å². The highest BCUT2D eigenvalue weighted by Crippen LogP contribution is 2.20. The Morgan fingerprint density at radius 2 is 1.29 bits per heavy atom. The zero-order valence-corrected chi connectivity index (χ0v) is 21.6. The summed E-state index contributed by atoms with van der Waals surface area (Å²) in [5.74, 6) is 0. The van der Waals surface area contributed by atoms with Crippen molar-refractivity contribution in [2.75, 3.05) is 33.3 Å². The number of azide groups is 2. The van der Waals surface area contributed by atoms with Crippen molar-refractivity contribution in [1.29, 1.82) is 0 Å². The van der Waals surface area contributed by atoms with Gasteiger partial charge in [0.25, 0.3) is 0 Å². The van der Waals surface area contributed by atoms with E-state index in [1.165, 1.54) is 4.90 Å². The largest absolute Gasteiger partial charge is 0.444 e. The average Bonchev–Trinajstić information content (AvgIpc) is 2.73. The van der Waals surface area contributed by atoms with E-state index in [2.05, 4.69) is 20.1 Å². The molecule has 0 aromatic heterocycles. The first kappa shape index (κ1) is 30.1. The molecule has 4 atom stereocenters. The first-order valence-electron chi connectivity index (χ1n) is 11.5. The van der Waals surface area contributed by atoms with Crippen molar-refractivity contribution in [2.24, 2.45) is 10.2 Å². The summed E-state index contributed by atoms with van der Waals surface area (Å²) in [5.41, 5.74) is 15.8. The fourth-order valence-electron chi connectivity index (χ4n) is 3.45. The summed E-state index contributed by atoms with van der Waals surface area (Å²) in [6, 6.07) is -0.956. The Morgan fingerprint density at radius 1 is 0.857 bits per heavy atom. The zero-order valence-electron chi connectivity index (χ0n) is 21.6. The Bertz CT molecular complexity index is 814. The summed E-state index contributed by atoms with van der Waals surface area (Å²) in [5, 5.41) is 16.7. The first-order valence-corrected chi connectivity index (χ1v) is 11.5. The molecule has 2 heterocycles. The second-order valence-corrected chi connectivity index (χ2v) is 10.3. The van der Waals surface area contributed by atoms with Crippen LogP contribution in [0.5, 0.6) is 0 Å². The van der Waals surface area contributed by atoms with E-state index in [0.29, 0.717) is 32.5 Å². The normalized spacial score (nSPS) is 24.7. The van der Waals surface area contributed by atoms with Crippen molar-refractivity contribution in [1.82, 2.24) is 9.80 Å². The molecule has 35 heavy (non-hydrogen) atoms. The van der Waals surface area contributed by atoms with Gasteiger partial charge in [0, 0.05) is 43.1 Å². The molecular formula is C21H38N8O6. The van der Waals surface area contributed by atoms with Gasteiger partial charge in [0.2, 0.25) is 0 Å². The van der Waals surface area contributed by atoms with Gasteiger partial charge >= 0.3 is 12.2 Å². The lowest BCUT2D eigenvalue weighted by Crippen LogP contribution is -2.50. The average molecular weight is 499 g/mol. The molecule has 0 spiro atoms. The number of ether oxygens (including phenoxy) is 3. The van der Waals surface area contributed by atoms with Crippen LogP contribution >= 0.6 is 0 Å². The monoisotopic (exact) mass is 498 g/mol. The number of likely N-dealkylation sites (tertiary alicyclic amines) is 2. The third kappa shape index (κ3) is 10.9. The molecule has 0 aliphatic carbocycles. The highest BCUT2D eigenvalue weighted by Gasteiger charge is 2.33. The molecule has 0 radical (unpaired) electrons. The molecule has 2 aliphatic rings. The summed E-state index contributed by atoms with van der Waals surface area (Å²) in [6.45, 7) is 12.3. The molecule has 0 bridgehead atoms. The number of rotatable bonds is 3. The zero-order chi connectivity index (χ0) is 26.8. The molecule has 0 aromatic carbocycles. The van der Waals surface area contributed by atoms with Crippen LogP contribution in [0.3, 0.4) is 0 Å². The van der Waals surface area contributed by atoms with Crippen LogP contribution in [0, 0.1) is 0 Å². The van der Waals surface area contributed by atoms with Crippen LogP contribution in [0.2, 0.25) is 0 Å². The predicted molar refractivity (Wildman–Crippen MR) is 128 cm³/mol. The van der Waals surface area contributed by atoms with E-state index >= 15 is 0 Å². The number of hydrogen-bond donors (Lipinski definition) is 1.